The molecule has 2 N–H and O–H groups in total. The van der Waals surface area contributed by atoms with E-state index in [9.17, 15) is 14.4 Å². The number of ether oxygens (including phenoxy) is 2. The van der Waals surface area contributed by atoms with Crippen LogP contribution in [0.15, 0.2) is 18.2 Å². The maximum absolute atomic E-state index is 12.6. The Morgan fingerprint density at radius 2 is 2.00 bits per heavy atom. The van der Waals surface area contributed by atoms with Crippen LogP contribution in [0.3, 0.4) is 0 Å². The molecule has 1 aliphatic heterocycles. The molecule has 24 heavy (non-hydrogen) atoms. The summed E-state index contributed by atoms with van der Waals surface area (Å²) < 4.78 is 10.4. The van der Waals surface area contributed by atoms with Gasteiger partial charge in [0.1, 0.15) is 11.8 Å². The number of amides is 2. The van der Waals surface area contributed by atoms with Crippen LogP contribution in [0.4, 0.5) is 5.69 Å². The fourth-order valence-corrected chi connectivity index (χ4v) is 2.39. The zero-order chi connectivity index (χ0) is 18.1. The van der Waals surface area contributed by atoms with Gasteiger partial charge >= 0.3 is 5.97 Å². The number of fused-ring (bicyclic) bond motifs is 1. The summed E-state index contributed by atoms with van der Waals surface area (Å²) in [5, 5.41) is 5.23. The Morgan fingerprint density at radius 1 is 1.33 bits per heavy atom. The van der Waals surface area contributed by atoms with E-state index in [1.165, 1.54) is 14.0 Å². The van der Waals surface area contributed by atoms with E-state index in [0.717, 1.165) is 5.56 Å². The molecule has 7 nitrogen and oxygen atoms in total. The molecule has 0 fully saturated rings. The number of carbonyl (C=O) groups excluding carboxylic acids is 3. The van der Waals surface area contributed by atoms with Crippen LogP contribution in [0.25, 0.3) is 0 Å². The average Bonchev–Trinajstić information content (AvgIpc) is 2.52. The van der Waals surface area contributed by atoms with Gasteiger partial charge in [0.2, 0.25) is 0 Å². The first-order chi connectivity index (χ1) is 11.2. The molecule has 7 heteroatoms. The van der Waals surface area contributed by atoms with Crippen LogP contribution in [-0.4, -0.2) is 36.5 Å². The first-order valence-electron chi connectivity index (χ1n) is 7.69. The lowest BCUT2D eigenvalue weighted by Gasteiger charge is -2.34. The molecule has 1 aliphatic rings. The van der Waals surface area contributed by atoms with Crippen LogP contribution in [0, 0.1) is 12.8 Å². The molecule has 2 atom stereocenters. The van der Waals surface area contributed by atoms with E-state index in [1.54, 1.807) is 26.0 Å². The van der Waals surface area contributed by atoms with Crippen LogP contribution in [0.2, 0.25) is 0 Å². The summed E-state index contributed by atoms with van der Waals surface area (Å²) in [5.41, 5.74) is -0.307. The van der Waals surface area contributed by atoms with Crippen molar-refractivity contribution in [2.75, 3.05) is 12.4 Å². The first kappa shape index (κ1) is 17.8. The van der Waals surface area contributed by atoms with Crippen LogP contribution in [-0.2, 0) is 19.1 Å². The number of anilines is 1. The maximum atomic E-state index is 12.6. The summed E-state index contributed by atoms with van der Waals surface area (Å²) in [6, 6.07) is 4.40. The average molecular weight is 334 g/mol. The van der Waals surface area contributed by atoms with Gasteiger partial charge in [0.25, 0.3) is 17.4 Å². The minimum atomic E-state index is -1.77. The topological polar surface area (TPSA) is 93.7 Å². The van der Waals surface area contributed by atoms with Crippen molar-refractivity contribution >= 4 is 23.5 Å². The standard InChI is InChI=1S/C17H22N2O5/c1-9(2)13(14(20)23-5)19-16(22)17(4)15(21)18-11-8-10(3)6-7-12(11)24-17/h6-9,13H,1-5H3,(H,18,21)(H,19,22). The third-order valence-electron chi connectivity index (χ3n) is 3.97. The van der Waals surface area contributed by atoms with Gasteiger partial charge in [-0.15, -0.1) is 0 Å². The second-order valence-electron chi connectivity index (χ2n) is 6.31. The molecule has 0 aromatic heterocycles. The number of carbonyl (C=O) groups is 3. The fraction of sp³-hybridized carbons (Fsp3) is 0.471. The van der Waals surface area contributed by atoms with Gasteiger partial charge in [0.05, 0.1) is 12.8 Å². The van der Waals surface area contributed by atoms with Crippen molar-refractivity contribution in [3.8, 4) is 5.75 Å². The normalized spacial score (nSPS) is 20.5. The Morgan fingerprint density at radius 3 is 2.58 bits per heavy atom. The Hall–Kier alpha value is -2.57. The number of hydrogen-bond donors (Lipinski definition) is 2. The Balaban J connectivity index is 2.26. The molecule has 0 spiro atoms. The van der Waals surface area contributed by atoms with Gasteiger partial charge in [0, 0.05) is 0 Å². The summed E-state index contributed by atoms with van der Waals surface area (Å²) in [5.74, 6) is -1.67. The Labute approximate surface area is 140 Å². The van der Waals surface area contributed by atoms with E-state index in [0.29, 0.717) is 11.4 Å². The van der Waals surface area contributed by atoms with E-state index in [2.05, 4.69) is 10.6 Å². The van der Waals surface area contributed by atoms with Crippen molar-refractivity contribution < 1.29 is 23.9 Å². The summed E-state index contributed by atoms with van der Waals surface area (Å²) in [4.78, 5) is 36.9. The van der Waals surface area contributed by atoms with Crippen molar-refractivity contribution in [1.29, 1.82) is 0 Å². The highest BCUT2D eigenvalue weighted by Crippen LogP contribution is 2.34. The molecule has 130 valence electrons. The van der Waals surface area contributed by atoms with Crippen molar-refractivity contribution in [1.82, 2.24) is 5.32 Å². The molecule has 0 radical (unpaired) electrons. The molecule has 1 aromatic rings. The lowest BCUT2D eigenvalue weighted by Crippen LogP contribution is -2.61. The molecule has 0 aliphatic carbocycles. The van der Waals surface area contributed by atoms with Crippen LogP contribution in [0.5, 0.6) is 5.75 Å². The predicted molar refractivity (Wildman–Crippen MR) is 87.6 cm³/mol. The molecule has 0 bridgehead atoms. The minimum Gasteiger partial charge on any atom is -0.467 e. The number of methoxy groups -OCH3 is 1. The molecule has 0 saturated heterocycles. The van der Waals surface area contributed by atoms with Gasteiger partial charge in [-0.3, -0.25) is 9.59 Å². The molecule has 2 amide bonds. The maximum Gasteiger partial charge on any atom is 0.328 e. The quantitative estimate of drug-likeness (QED) is 0.641. The largest absolute Gasteiger partial charge is 0.467 e. The molecule has 1 aromatic carbocycles. The van der Waals surface area contributed by atoms with E-state index in [-0.39, 0.29) is 5.92 Å². The molecular formula is C17H22N2O5. The Bertz CT molecular complexity index is 686. The van der Waals surface area contributed by atoms with Crippen molar-refractivity contribution in [3.63, 3.8) is 0 Å². The number of hydrogen-bond acceptors (Lipinski definition) is 5. The summed E-state index contributed by atoms with van der Waals surface area (Å²) >= 11 is 0. The first-order valence-corrected chi connectivity index (χ1v) is 7.69. The second-order valence-corrected chi connectivity index (χ2v) is 6.31. The number of esters is 1. The summed E-state index contributed by atoms with van der Waals surface area (Å²) in [7, 11) is 1.24. The third kappa shape index (κ3) is 3.20. The van der Waals surface area contributed by atoms with Crippen LogP contribution >= 0.6 is 0 Å². The SMILES string of the molecule is COC(=O)C(NC(=O)C1(C)Oc2ccc(C)cc2NC1=O)C(C)C. The zero-order valence-electron chi connectivity index (χ0n) is 14.4. The monoisotopic (exact) mass is 334 g/mol. The van der Waals surface area contributed by atoms with Crippen molar-refractivity contribution in [2.24, 2.45) is 5.92 Å². The van der Waals surface area contributed by atoms with E-state index >= 15 is 0 Å². The highest BCUT2D eigenvalue weighted by Gasteiger charge is 2.48. The number of nitrogens with one attached hydrogen (secondary N) is 2. The van der Waals surface area contributed by atoms with E-state index in [4.69, 9.17) is 9.47 Å². The van der Waals surface area contributed by atoms with E-state index < -0.39 is 29.4 Å². The fourth-order valence-electron chi connectivity index (χ4n) is 2.39. The third-order valence-corrected chi connectivity index (χ3v) is 3.97. The molecule has 0 saturated carbocycles. The lowest BCUT2D eigenvalue weighted by atomic mass is 9.98. The van der Waals surface area contributed by atoms with Gasteiger partial charge in [-0.05, 0) is 37.5 Å². The van der Waals surface area contributed by atoms with Gasteiger partial charge in [-0.25, -0.2) is 4.79 Å². The number of benzene rings is 1. The van der Waals surface area contributed by atoms with Gasteiger partial charge in [-0.1, -0.05) is 19.9 Å². The summed E-state index contributed by atoms with van der Waals surface area (Å²) in [6.45, 7) is 6.79. The highest BCUT2D eigenvalue weighted by molar-refractivity contribution is 6.15. The van der Waals surface area contributed by atoms with Gasteiger partial charge in [0.15, 0.2) is 0 Å². The van der Waals surface area contributed by atoms with Crippen molar-refractivity contribution in [3.05, 3.63) is 23.8 Å². The van der Waals surface area contributed by atoms with Crippen molar-refractivity contribution in [2.45, 2.75) is 39.3 Å². The number of aryl methyl sites for hydroxylation is 1. The lowest BCUT2D eigenvalue weighted by molar-refractivity contribution is -0.153. The minimum absolute atomic E-state index is 0.202. The smallest absolute Gasteiger partial charge is 0.328 e. The van der Waals surface area contributed by atoms with Gasteiger partial charge < -0.3 is 20.1 Å². The summed E-state index contributed by atoms with van der Waals surface area (Å²) in [6.07, 6.45) is 0. The molecule has 2 unspecified atom stereocenters. The van der Waals surface area contributed by atoms with E-state index in [1.807, 2.05) is 13.0 Å². The highest BCUT2D eigenvalue weighted by atomic mass is 16.5. The second kappa shape index (κ2) is 6.51. The van der Waals surface area contributed by atoms with Crippen LogP contribution in [0.1, 0.15) is 26.3 Å². The van der Waals surface area contributed by atoms with Crippen LogP contribution < -0.4 is 15.4 Å². The zero-order valence-corrected chi connectivity index (χ0v) is 14.4. The molecule has 2 rings (SSSR count). The number of rotatable bonds is 4. The Kier molecular flexibility index (Phi) is 4.82. The van der Waals surface area contributed by atoms with Gasteiger partial charge in [-0.2, -0.15) is 0 Å². The molecule has 1 heterocycles. The molecular weight excluding hydrogens is 312 g/mol. The predicted octanol–water partition coefficient (Wildman–Crippen LogP) is 1.40.